The van der Waals surface area contributed by atoms with E-state index in [2.05, 4.69) is 60.0 Å². The summed E-state index contributed by atoms with van der Waals surface area (Å²) in [4.78, 5) is 6.85. The molecule has 2 aromatic rings. The Bertz CT molecular complexity index is 840. The van der Waals surface area contributed by atoms with Crippen LogP contribution in [-0.4, -0.2) is 32.2 Å². The second-order valence-electron chi connectivity index (χ2n) is 5.69. The summed E-state index contributed by atoms with van der Waals surface area (Å²) in [6, 6.07) is 12.6. The van der Waals surface area contributed by atoms with Gasteiger partial charge in [0.15, 0.2) is 0 Å². The molecule has 0 saturated carbocycles. The van der Waals surface area contributed by atoms with Crippen LogP contribution in [0.4, 0.5) is 0 Å². The first-order chi connectivity index (χ1) is 11.9. The summed E-state index contributed by atoms with van der Waals surface area (Å²) < 4.78 is 24.3. The van der Waals surface area contributed by atoms with Crippen LogP contribution in [0.25, 0.3) is 0 Å². The van der Waals surface area contributed by atoms with E-state index < -0.39 is 10.5 Å². The molecule has 2 unspecified atom stereocenters. The van der Waals surface area contributed by atoms with Crippen LogP contribution in [0.2, 0.25) is 0 Å². The SMILES string of the molecule is CC(CON(C)C(=S)N=S(=O)=O)c1cccc(C(C)c2cccs2)c1. The minimum atomic E-state index is -2.58. The highest BCUT2D eigenvalue weighted by Gasteiger charge is 2.14. The van der Waals surface area contributed by atoms with E-state index in [0.29, 0.717) is 12.5 Å². The van der Waals surface area contributed by atoms with Gasteiger partial charge in [-0.3, -0.25) is 4.84 Å². The van der Waals surface area contributed by atoms with Crippen LogP contribution in [0.1, 0.15) is 41.7 Å². The molecule has 1 heterocycles. The van der Waals surface area contributed by atoms with Crippen molar-refractivity contribution >= 4 is 39.2 Å². The lowest BCUT2D eigenvalue weighted by Gasteiger charge is -2.20. The molecule has 0 aliphatic heterocycles. The van der Waals surface area contributed by atoms with Crippen molar-refractivity contribution in [2.45, 2.75) is 25.7 Å². The average molecular weight is 397 g/mol. The van der Waals surface area contributed by atoms with Gasteiger partial charge in [0.25, 0.3) is 0 Å². The summed E-state index contributed by atoms with van der Waals surface area (Å²) in [6.07, 6.45) is 0. The van der Waals surface area contributed by atoms with Crippen molar-refractivity contribution in [3.8, 4) is 0 Å². The third-order valence-corrected chi connectivity index (χ3v) is 5.73. The molecule has 0 amide bonds. The molecule has 0 bridgehead atoms. The number of benzene rings is 1. The predicted octanol–water partition coefficient (Wildman–Crippen LogP) is 4.21. The van der Waals surface area contributed by atoms with E-state index in [4.69, 9.17) is 17.1 Å². The Morgan fingerprint density at radius 1 is 1.28 bits per heavy atom. The molecule has 0 saturated heterocycles. The molecular weight excluding hydrogens is 376 g/mol. The maximum Gasteiger partial charge on any atom is 0.318 e. The monoisotopic (exact) mass is 396 g/mol. The van der Waals surface area contributed by atoms with Crippen molar-refractivity contribution < 1.29 is 13.3 Å². The fourth-order valence-corrected chi connectivity index (χ4v) is 3.62. The van der Waals surface area contributed by atoms with Gasteiger partial charge in [-0.15, -0.1) is 15.7 Å². The van der Waals surface area contributed by atoms with Gasteiger partial charge in [0.2, 0.25) is 5.11 Å². The molecule has 0 fully saturated rings. The van der Waals surface area contributed by atoms with E-state index in [1.54, 1.807) is 18.4 Å². The van der Waals surface area contributed by atoms with Gasteiger partial charge in [-0.25, -0.2) is 5.06 Å². The van der Waals surface area contributed by atoms with Crippen LogP contribution >= 0.6 is 23.6 Å². The number of thiocarbonyl (C=S) groups is 1. The molecule has 2 rings (SSSR count). The number of hydrogen-bond donors (Lipinski definition) is 0. The van der Waals surface area contributed by atoms with Crippen LogP contribution in [0, 0.1) is 0 Å². The van der Waals surface area contributed by atoms with Crippen molar-refractivity contribution in [1.82, 2.24) is 5.06 Å². The molecule has 0 radical (unpaired) electrons. The van der Waals surface area contributed by atoms with Gasteiger partial charge in [-0.1, -0.05) is 44.2 Å². The van der Waals surface area contributed by atoms with Gasteiger partial charge in [-0.05, 0) is 34.8 Å². The third kappa shape index (κ3) is 5.71. The van der Waals surface area contributed by atoms with E-state index in [1.165, 1.54) is 15.5 Å². The van der Waals surface area contributed by atoms with Gasteiger partial charge in [-0.2, -0.15) is 8.42 Å². The van der Waals surface area contributed by atoms with Gasteiger partial charge in [0.05, 0.1) is 6.61 Å². The topological polar surface area (TPSA) is 59.0 Å². The third-order valence-electron chi connectivity index (χ3n) is 3.89. The van der Waals surface area contributed by atoms with Gasteiger partial charge >= 0.3 is 10.5 Å². The van der Waals surface area contributed by atoms with Gasteiger partial charge in [0.1, 0.15) is 0 Å². The van der Waals surface area contributed by atoms with Crippen LogP contribution in [-0.2, 0) is 15.3 Å². The standard InChI is InChI=1S/C17H20N2O3S3/c1-12(11-22-19(3)17(23)18-25(20)21)14-6-4-7-15(10-14)13(2)16-8-5-9-24-16/h4-10,12-13H,11H2,1-3H3. The first kappa shape index (κ1) is 19.7. The van der Waals surface area contributed by atoms with Crippen LogP contribution in [0.3, 0.4) is 0 Å². The molecule has 0 aliphatic rings. The minimum Gasteiger partial charge on any atom is -0.271 e. The van der Waals surface area contributed by atoms with Gasteiger partial charge in [0, 0.05) is 23.8 Å². The van der Waals surface area contributed by atoms with Crippen LogP contribution in [0.5, 0.6) is 0 Å². The maximum absolute atomic E-state index is 10.5. The zero-order valence-electron chi connectivity index (χ0n) is 14.2. The van der Waals surface area contributed by atoms with Crippen molar-refractivity contribution in [2.75, 3.05) is 13.7 Å². The smallest absolute Gasteiger partial charge is 0.271 e. The Morgan fingerprint density at radius 2 is 2.00 bits per heavy atom. The second kappa shape index (κ2) is 9.19. The van der Waals surface area contributed by atoms with Crippen molar-refractivity contribution in [1.29, 1.82) is 0 Å². The zero-order chi connectivity index (χ0) is 18.4. The number of thiophene rings is 1. The molecular formula is C17H20N2O3S3. The molecule has 1 aromatic heterocycles. The quantitative estimate of drug-likeness (QED) is 0.541. The molecule has 2 atom stereocenters. The number of rotatable bonds is 6. The van der Waals surface area contributed by atoms with Crippen LogP contribution in [0.15, 0.2) is 46.1 Å². The second-order valence-corrected chi connectivity index (χ2v) is 7.65. The molecule has 134 valence electrons. The van der Waals surface area contributed by atoms with E-state index >= 15 is 0 Å². The summed E-state index contributed by atoms with van der Waals surface area (Å²) in [5, 5.41) is 3.16. The first-order valence-corrected chi connectivity index (χ1v) is 10.1. The summed E-state index contributed by atoms with van der Waals surface area (Å²) in [6.45, 7) is 4.62. The zero-order valence-corrected chi connectivity index (χ0v) is 16.7. The van der Waals surface area contributed by atoms with E-state index in [-0.39, 0.29) is 11.0 Å². The lowest BCUT2D eigenvalue weighted by molar-refractivity contribution is -0.0828. The maximum atomic E-state index is 10.5. The van der Waals surface area contributed by atoms with E-state index in [1.807, 2.05) is 0 Å². The highest BCUT2D eigenvalue weighted by atomic mass is 32.2. The molecule has 0 spiro atoms. The number of hydroxylamine groups is 2. The summed E-state index contributed by atoms with van der Waals surface area (Å²) in [5.74, 6) is 0.465. The highest BCUT2D eigenvalue weighted by molar-refractivity contribution is 7.80. The Labute approximate surface area is 158 Å². The van der Waals surface area contributed by atoms with E-state index in [9.17, 15) is 8.42 Å². The molecule has 0 N–H and O–H groups in total. The van der Waals surface area contributed by atoms with Gasteiger partial charge < -0.3 is 0 Å². The van der Waals surface area contributed by atoms with E-state index in [0.717, 1.165) is 5.56 Å². The largest absolute Gasteiger partial charge is 0.318 e. The Balaban J connectivity index is 2.02. The number of nitrogens with zero attached hydrogens (tertiary/aromatic N) is 2. The summed E-state index contributed by atoms with van der Waals surface area (Å²) in [7, 11) is -1.03. The number of hydrogen-bond acceptors (Lipinski definition) is 5. The fraction of sp³-hybridized carbons (Fsp3) is 0.353. The lowest BCUT2D eigenvalue weighted by atomic mass is 9.93. The van der Waals surface area contributed by atoms with Crippen molar-refractivity contribution in [3.05, 3.63) is 57.8 Å². The normalized spacial score (nSPS) is 13.1. The molecule has 0 aliphatic carbocycles. The Morgan fingerprint density at radius 3 is 2.64 bits per heavy atom. The molecule has 8 heteroatoms. The Kier molecular flexibility index (Phi) is 7.24. The highest BCUT2D eigenvalue weighted by Crippen LogP contribution is 2.29. The summed E-state index contributed by atoms with van der Waals surface area (Å²) in [5.41, 5.74) is 2.41. The molecule has 25 heavy (non-hydrogen) atoms. The summed E-state index contributed by atoms with van der Waals surface area (Å²) >= 11 is 6.62. The minimum absolute atomic E-state index is 0.124. The van der Waals surface area contributed by atoms with Crippen molar-refractivity contribution in [2.24, 2.45) is 4.36 Å². The molecule has 1 aromatic carbocycles. The predicted molar refractivity (Wildman–Crippen MR) is 104 cm³/mol. The first-order valence-electron chi connectivity index (χ1n) is 7.73. The lowest BCUT2D eigenvalue weighted by Crippen LogP contribution is -2.25. The van der Waals surface area contributed by atoms with Crippen molar-refractivity contribution in [3.63, 3.8) is 0 Å². The average Bonchev–Trinajstić information content (AvgIpc) is 3.12. The fourth-order valence-electron chi connectivity index (χ4n) is 2.33. The van der Waals surface area contributed by atoms with Crippen LogP contribution < -0.4 is 0 Å². The molecule has 5 nitrogen and oxygen atoms in total. The Hall–Kier alpha value is -1.61.